The molecule has 0 spiro atoms. The predicted octanol–water partition coefficient (Wildman–Crippen LogP) is 3.92. The van der Waals surface area contributed by atoms with Gasteiger partial charge in [0, 0.05) is 37.3 Å². The molecule has 2 N–H and O–H groups in total. The zero-order valence-corrected chi connectivity index (χ0v) is 20.3. The summed E-state index contributed by atoms with van der Waals surface area (Å²) >= 11 is 0. The Morgan fingerprint density at radius 2 is 1.92 bits per heavy atom. The van der Waals surface area contributed by atoms with Crippen molar-refractivity contribution in [2.45, 2.75) is 26.9 Å². The molecule has 0 bridgehead atoms. The molecule has 0 saturated carbocycles. The van der Waals surface area contributed by atoms with Crippen molar-refractivity contribution in [2.75, 3.05) is 43.5 Å². The number of ether oxygens (including phenoxy) is 2. The molecule has 2 amide bonds. The molecule has 1 saturated heterocycles. The van der Waals surface area contributed by atoms with Gasteiger partial charge < -0.3 is 24.6 Å². The first-order valence-electron chi connectivity index (χ1n) is 11.7. The maximum atomic E-state index is 14.3. The Bertz CT molecular complexity index is 1200. The number of rotatable bonds is 9. The summed E-state index contributed by atoms with van der Waals surface area (Å²) in [4.78, 5) is 27.3. The molecule has 190 valence electrons. The van der Waals surface area contributed by atoms with Crippen molar-refractivity contribution in [3.8, 4) is 5.75 Å². The zero-order valence-electron chi connectivity index (χ0n) is 20.3. The molecule has 2 heterocycles. The van der Waals surface area contributed by atoms with E-state index in [1.165, 1.54) is 18.2 Å². The summed E-state index contributed by atoms with van der Waals surface area (Å²) in [5.74, 6) is -0.0832. The molecule has 0 aliphatic carbocycles. The van der Waals surface area contributed by atoms with Gasteiger partial charge in [-0.3, -0.25) is 14.5 Å². The lowest BCUT2D eigenvalue weighted by atomic mass is 10.2. The van der Waals surface area contributed by atoms with Gasteiger partial charge in [-0.15, -0.1) is 0 Å². The minimum absolute atomic E-state index is 0.0105. The van der Waals surface area contributed by atoms with Crippen molar-refractivity contribution in [2.24, 2.45) is 0 Å². The van der Waals surface area contributed by atoms with Gasteiger partial charge in [0.1, 0.15) is 23.9 Å². The van der Waals surface area contributed by atoms with Gasteiger partial charge in [0.25, 0.3) is 5.91 Å². The second-order valence-corrected chi connectivity index (χ2v) is 8.52. The molecule has 4 rings (SSSR count). The maximum Gasteiger partial charge on any atom is 0.255 e. The van der Waals surface area contributed by atoms with Crippen LogP contribution >= 0.6 is 0 Å². The van der Waals surface area contributed by atoms with E-state index in [9.17, 15) is 14.0 Å². The molecule has 36 heavy (non-hydrogen) atoms. The van der Waals surface area contributed by atoms with Gasteiger partial charge in [-0.1, -0.05) is 11.2 Å². The number of nitrogens with zero attached hydrogens (tertiary/aromatic N) is 2. The lowest BCUT2D eigenvalue weighted by Crippen LogP contribution is -2.38. The second-order valence-electron chi connectivity index (χ2n) is 8.52. The highest BCUT2D eigenvalue weighted by Gasteiger charge is 2.15. The van der Waals surface area contributed by atoms with Gasteiger partial charge in [-0.2, -0.15) is 0 Å². The predicted molar refractivity (Wildman–Crippen MR) is 132 cm³/mol. The average molecular weight is 497 g/mol. The van der Waals surface area contributed by atoms with E-state index in [1.54, 1.807) is 24.3 Å². The molecule has 1 fully saturated rings. The summed E-state index contributed by atoms with van der Waals surface area (Å²) in [6.45, 7) is 7.32. The summed E-state index contributed by atoms with van der Waals surface area (Å²) in [5, 5.41) is 9.24. The second kappa shape index (κ2) is 11.8. The Labute approximate surface area is 208 Å². The van der Waals surface area contributed by atoms with Crippen molar-refractivity contribution >= 4 is 23.2 Å². The fourth-order valence-corrected chi connectivity index (χ4v) is 3.79. The third-order valence-electron chi connectivity index (χ3n) is 5.92. The van der Waals surface area contributed by atoms with Crippen LogP contribution in [0.2, 0.25) is 0 Å². The fraction of sp³-hybridized carbons (Fsp3) is 0.346. The van der Waals surface area contributed by atoms with Crippen LogP contribution in [0, 0.1) is 19.7 Å². The summed E-state index contributed by atoms with van der Waals surface area (Å²) < 4.78 is 30.6. The van der Waals surface area contributed by atoms with E-state index in [4.69, 9.17) is 14.0 Å². The van der Waals surface area contributed by atoms with E-state index in [1.807, 2.05) is 13.8 Å². The van der Waals surface area contributed by atoms with Gasteiger partial charge in [-0.05, 0) is 50.2 Å². The number of carbonyl (C=O) groups excluding carboxylic acids is 2. The van der Waals surface area contributed by atoms with Crippen molar-refractivity contribution in [1.82, 2.24) is 10.1 Å². The number of hydrogen-bond acceptors (Lipinski definition) is 7. The zero-order chi connectivity index (χ0) is 25.5. The van der Waals surface area contributed by atoms with Crippen LogP contribution in [0.4, 0.5) is 15.8 Å². The molecule has 0 unspecified atom stereocenters. The van der Waals surface area contributed by atoms with Crippen LogP contribution in [-0.2, 0) is 16.1 Å². The fourth-order valence-electron chi connectivity index (χ4n) is 3.79. The van der Waals surface area contributed by atoms with Crippen LogP contribution < -0.4 is 15.4 Å². The number of carbonyl (C=O) groups is 2. The molecule has 0 radical (unpaired) electrons. The third-order valence-corrected chi connectivity index (χ3v) is 5.92. The highest BCUT2D eigenvalue weighted by Crippen LogP contribution is 2.22. The van der Waals surface area contributed by atoms with Gasteiger partial charge >= 0.3 is 0 Å². The summed E-state index contributed by atoms with van der Waals surface area (Å²) in [5.41, 5.74) is 2.34. The van der Waals surface area contributed by atoms with E-state index in [0.29, 0.717) is 42.5 Å². The number of anilines is 2. The monoisotopic (exact) mass is 496 g/mol. The van der Waals surface area contributed by atoms with Gasteiger partial charge in [0.05, 0.1) is 30.2 Å². The smallest absolute Gasteiger partial charge is 0.255 e. The molecule has 0 atom stereocenters. The Balaban J connectivity index is 1.34. The number of aromatic nitrogens is 1. The molecule has 1 aliphatic heterocycles. The first-order valence-corrected chi connectivity index (χ1v) is 11.7. The molecule has 2 aromatic carbocycles. The summed E-state index contributed by atoms with van der Waals surface area (Å²) in [6.07, 6.45) is 0.233. The van der Waals surface area contributed by atoms with Crippen LogP contribution in [0.1, 0.15) is 33.8 Å². The molecule has 9 nitrogen and oxygen atoms in total. The number of morpholine rings is 1. The number of aryl methyl sites for hydroxylation is 2. The average Bonchev–Trinajstić information content (AvgIpc) is 3.21. The molecule has 10 heteroatoms. The van der Waals surface area contributed by atoms with Gasteiger partial charge in [0.2, 0.25) is 5.91 Å². The van der Waals surface area contributed by atoms with Crippen LogP contribution in [0.5, 0.6) is 5.75 Å². The maximum absolute atomic E-state index is 14.3. The van der Waals surface area contributed by atoms with E-state index in [2.05, 4.69) is 20.7 Å². The number of amides is 2. The van der Waals surface area contributed by atoms with Crippen molar-refractivity contribution < 1.29 is 28.0 Å². The Morgan fingerprint density at radius 3 is 2.67 bits per heavy atom. The van der Waals surface area contributed by atoms with E-state index in [0.717, 1.165) is 24.3 Å². The third kappa shape index (κ3) is 6.67. The SMILES string of the molecule is Cc1noc(C)c1COc1cccc(C(=O)Nc2ccc(F)c(NC(=O)CCN3CCOCC3)c2)c1. The van der Waals surface area contributed by atoms with Gasteiger partial charge in [0.15, 0.2) is 0 Å². The largest absolute Gasteiger partial charge is 0.489 e. The summed E-state index contributed by atoms with van der Waals surface area (Å²) in [7, 11) is 0. The van der Waals surface area contributed by atoms with Crippen LogP contribution in [0.15, 0.2) is 47.0 Å². The number of halogens is 1. The van der Waals surface area contributed by atoms with Crippen molar-refractivity contribution in [3.63, 3.8) is 0 Å². The van der Waals surface area contributed by atoms with Crippen molar-refractivity contribution in [1.29, 1.82) is 0 Å². The lowest BCUT2D eigenvalue weighted by Gasteiger charge is -2.26. The van der Waals surface area contributed by atoms with Crippen LogP contribution in [-0.4, -0.2) is 54.7 Å². The number of nitrogens with one attached hydrogen (secondary N) is 2. The van der Waals surface area contributed by atoms with Gasteiger partial charge in [-0.25, -0.2) is 4.39 Å². The normalized spacial score (nSPS) is 13.9. The van der Waals surface area contributed by atoms with Crippen LogP contribution in [0.3, 0.4) is 0 Å². The summed E-state index contributed by atoms with van der Waals surface area (Å²) in [6, 6.07) is 10.8. The first kappa shape index (κ1) is 25.3. The molecule has 1 aromatic heterocycles. The van der Waals surface area contributed by atoms with Crippen LogP contribution in [0.25, 0.3) is 0 Å². The molecule has 1 aliphatic rings. The van der Waals surface area contributed by atoms with E-state index >= 15 is 0 Å². The lowest BCUT2D eigenvalue weighted by molar-refractivity contribution is -0.116. The van der Waals surface area contributed by atoms with E-state index < -0.39 is 11.7 Å². The topological polar surface area (TPSA) is 106 Å². The Hall–Kier alpha value is -3.76. The number of benzene rings is 2. The number of hydrogen-bond donors (Lipinski definition) is 2. The van der Waals surface area contributed by atoms with Crippen molar-refractivity contribution in [3.05, 3.63) is 70.9 Å². The standard InChI is InChI=1S/C26H29FN4O5/c1-17-22(18(2)36-30-17)16-35-21-5-3-4-19(14-21)26(33)28-20-6-7-23(27)24(15-20)29-25(32)8-9-31-10-12-34-13-11-31/h3-7,14-15H,8-13,16H2,1-2H3,(H,28,33)(H,29,32). The Kier molecular flexibility index (Phi) is 8.29. The molecular formula is C26H29FN4O5. The van der Waals surface area contributed by atoms with E-state index in [-0.39, 0.29) is 24.6 Å². The Morgan fingerprint density at radius 1 is 1.11 bits per heavy atom. The molecular weight excluding hydrogens is 467 g/mol. The first-order chi connectivity index (χ1) is 17.4. The molecule has 3 aromatic rings. The minimum atomic E-state index is -0.581. The highest BCUT2D eigenvalue weighted by atomic mass is 19.1. The quantitative estimate of drug-likeness (QED) is 0.463. The minimum Gasteiger partial charge on any atom is -0.489 e. The highest BCUT2D eigenvalue weighted by molar-refractivity contribution is 6.05.